The molecule has 2 atom stereocenters. The molecular formula is C21H36N2O5S. The number of aliphatic hydroxyl groups is 2. The molecule has 166 valence electrons. The van der Waals surface area contributed by atoms with Gasteiger partial charge in [0.15, 0.2) is 5.78 Å². The smallest absolute Gasteiger partial charge is 0.241 e. The summed E-state index contributed by atoms with van der Waals surface area (Å²) in [7, 11) is -4.05. The number of nitrogens with one attached hydrogen (secondary N) is 1. The van der Waals surface area contributed by atoms with Gasteiger partial charge in [0.05, 0.1) is 17.1 Å². The quantitative estimate of drug-likeness (QED) is 0.205. The van der Waals surface area contributed by atoms with Gasteiger partial charge in [-0.3, -0.25) is 4.79 Å². The number of nitrogens with two attached hydrogens (primary N) is 1. The van der Waals surface area contributed by atoms with Gasteiger partial charge in [0.1, 0.15) is 6.10 Å². The second-order valence-electron chi connectivity index (χ2n) is 7.41. The Balaban J connectivity index is 3.31. The first-order chi connectivity index (χ1) is 13.7. The number of benzene rings is 1. The van der Waals surface area contributed by atoms with Crippen molar-refractivity contribution in [2.24, 2.45) is 0 Å². The lowest BCUT2D eigenvalue weighted by atomic mass is 9.87. The summed E-state index contributed by atoms with van der Waals surface area (Å²) in [4.78, 5) is 12.4. The van der Waals surface area contributed by atoms with E-state index in [0.29, 0.717) is 0 Å². The summed E-state index contributed by atoms with van der Waals surface area (Å²) in [5, 5.41) is 18.7. The first-order valence-corrected chi connectivity index (χ1v) is 11.9. The molecule has 0 saturated heterocycles. The Morgan fingerprint density at radius 2 is 1.83 bits per heavy atom. The molecule has 0 bridgehead atoms. The molecule has 0 spiro atoms. The summed E-state index contributed by atoms with van der Waals surface area (Å²) >= 11 is 0. The van der Waals surface area contributed by atoms with Crippen molar-refractivity contribution in [2.45, 2.75) is 82.6 Å². The van der Waals surface area contributed by atoms with E-state index in [2.05, 4.69) is 11.6 Å². The molecule has 1 aromatic carbocycles. The molecule has 1 rings (SSSR count). The number of unbranched alkanes of at least 4 members (excludes halogenated alkanes) is 4. The van der Waals surface area contributed by atoms with Gasteiger partial charge in [-0.1, -0.05) is 52.0 Å². The predicted molar refractivity (Wildman–Crippen MR) is 116 cm³/mol. The van der Waals surface area contributed by atoms with Gasteiger partial charge in [0.25, 0.3) is 0 Å². The van der Waals surface area contributed by atoms with Crippen LogP contribution in [-0.4, -0.2) is 43.7 Å². The lowest BCUT2D eigenvalue weighted by Gasteiger charge is -2.22. The average molecular weight is 429 g/mol. The van der Waals surface area contributed by atoms with Crippen LogP contribution in [0.4, 0.5) is 5.69 Å². The van der Waals surface area contributed by atoms with Crippen LogP contribution in [0.5, 0.6) is 0 Å². The molecule has 29 heavy (non-hydrogen) atoms. The lowest BCUT2D eigenvalue weighted by molar-refractivity contribution is 0.0777. The number of nitrogen functional groups attached to an aromatic ring is 1. The second kappa shape index (κ2) is 12.3. The summed E-state index contributed by atoms with van der Waals surface area (Å²) in [5.41, 5.74) is 6.99. The van der Waals surface area contributed by atoms with Gasteiger partial charge in [-0.05, 0) is 37.3 Å². The normalized spacial score (nSPS) is 14.0. The van der Waals surface area contributed by atoms with E-state index in [-0.39, 0.29) is 35.2 Å². The van der Waals surface area contributed by atoms with Crippen molar-refractivity contribution in [3.05, 3.63) is 23.3 Å². The molecule has 0 saturated carbocycles. The first kappa shape index (κ1) is 25.6. The molecule has 8 heteroatoms. The minimum absolute atomic E-state index is 0.110. The van der Waals surface area contributed by atoms with Gasteiger partial charge in [-0.15, -0.1) is 0 Å². The summed E-state index contributed by atoms with van der Waals surface area (Å²) in [6, 6.07) is 3.04. The van der Waals surface area contributed by atoms with Gasteiger partial charge in [-0.2, -0.15) is 0 Å². The van der Waals surface area contributed by atoms with Gasteiger partial charge < -0.3 is 15.9 Å². The van der Waals surface area contributed by atoms with Crippen molar-refractivity contribution in [1.29, 1.82) is 0 Å². The Morgan fingerprint density at radius 3 is 2.38 bits per heavy atom. The zero-order valence-corrected chi connectivity index (χ0v) is 18.6. The van der Waals surface area contributed by atoms with Crippen LogP contribution in [0.2, 0.25) is 0 Å². The van der Waals surface area contributed by atoms with Crippen molar-refractivity contribution in [3.63, 3.8) is 0 Å². The maximum absolute atomic E-state index is 12.6. The topological polar surface area (TPSA) is 130 Å². The highest BCUT2D eigenvalue weighted by atomic mass is 32.2. The zero-order chi connectivity index (χ0) is 22.0. The fraction of sp³-hybridized carbons (Fsp3) is 0.667. The number of anilines is 1. The summed E-state index contributed by atoms with van der Waals surface area (Å²) in [5.74, 6) is -0.620. The van der Waals surface area contributed by atoms with Crippen molar-refractivity contribution in [3.8, 4) is 0 Å². The third-order valence-corrected chi connectivity index (χ3v) is 6.65. The van der Waals surface area contributed by atoms with Crippen LogP contribution in [0.3, 0.4) is 0 Å². The molecule has 0 fully saturated rings. The monoisotopic (exact) mass is 428 g/mol. The highest BCUT2D eigenvalue weighted by molar-refractivity contribution is 7.89. The van der Waals surface area contributed by atoms with Gasteiger partial charge in [-0.25, -0.2) is 13.1 Å². The number of aliphatic hydroxyl groups excluding tert-OH is 2. The molecule has 1 aromatic rings. The Hall–Kier alpha value is -1.48. The number of hydrogen-bond acceptors (Lipinski definition) is 6. The number of hydrogen-bond donors (Lipinski definition) is 4. The van der Waals surface area contributed by atoms with Crippen molar-refractivity contribution in [2.75, 3.05) is 18.9 Å². The van der Waals surface area contributed by atoms with E-state index in [1.165, 1.54) is 32.3 Å². The molecule has 2 unspecified atom stereocenters. The molecule has 0 aliphatic heterocycles. The van der Waals surface area contributed by atoms with E-state index in [4.69, 9.17) is 10.8 Å². The highest BCUT2D eigenvalue weighted by Gasteiger charge is 2.29. The number of rotatable bonds is 14. The van der Waals surface area contributed by atoms with Crippen LogP contribution >= 0.6 is 0 Å². The van der Waals surface area contributed by atoms with Gasteiger partial charge in [0, 0.05) is 12.2 Å². The number of sulfonamides is 1. The molecule has 0 aromatic heterocycles. The molecule has 5 N–H and O–H groups in total. The molecular weight excluding hydrogens is 392 g/mol. The van der Waals surface area contributed by atoms with Crippen LogP contribution in [0.1, 0.15) is 87.6 Å². The van der Waals surface area contributed by atoms with E-state index < -0.39 is 21.9 Å². The largest absolute Gasteiger partial charge is 0.398 e. The Labute approximate surface area is 174 Å². The fourth-order valence-corrected chi connectivity index (χ4v) is 4.73. The lowest BCUT2D eigenvalue weighted by Crippen LogP contribution is -2.30. The van der Waals surface area contributed by atoms with Crippen molar-refractivity contribution < 1.29 is 23.4 Å². The third-order valence-electron chi connectivity index (χ3n) is 5.15. The number of Topliss-reactive ketones (excluding diaryl/α,β-unsaturated/α-hetero) is 1. The summed E-state index contributed by atoms with van der Waals surface area (Å²) < 4.78 is 27.4. The Kier molecular flexibility index (Phi) is 10.8. The van der Waals surface area contributed by atoms with Crippen molar-refractivity contribution >= 4 is 21.5 Å². The minimum Gasteiger partial charge on any atom is -0.398 e. The van der Waals surface area contributed by atoms with Gasteiger partial charge in [0.2, 0.25) is 10.0 Å². The van der Waals surface area contributed by atoms with Crippen LogP contribution in [-0.2, 0) is 10.0 Å². The van der Waals surface area contributed by atoms with Crippen molar-refractivity contribution in [1.82, 2.24) is 4.72 Å². The molecule has 0 amide bonds. The Morgan fingerprint density at radius 1 is 1.17 bits per heavy atom. The third kappa shape index (κ3) is 7.06. The van der Waals surface area contributed by atoms with Gasteiger partial charge >= 0.3 is 0 Å². The average Bonchev–Trinajstić information content (AvgIpc) is 2.68. The molecule has 0 aliphatic carbocycles. The maximum Gasteiger partial charge on any atom is 0.241 e. The van der Waals surface area contributed by atoms with E-state index >= 15 is 0 Å². The Bertz CT molecular complexity index is 763. The molecule has 0 radical (unpaired) electrons. The molecule has 0 heterocycles. The van der Waals surface area contributed by atoms with E-state index in [1.807, 2.05) is 6.92 Å². The molecule has 0 aliphatic rings. The fourth-order valence-electron chi connectivity index (χ4n) is 3.49. The standard InChI is InChI=1S/C21H36N2O5S/c1-4-6-7-8-9-10-16(5-2)17-11-12-18(29(27,28)23-13-14-24)19(20(17)22)21(26)15(3)25/h11-12,15-16,23-25H,4-10,13-14,22H2,1-3H3. The minimum atomic E-state index is -4.05. The van der Waals surface area contributed by atoms with E-state index in [1.54, 1.807) is 6.07 Å². The zero-order valence-electron chi connectivity index (χ0n) is 17.8. The SMILES string of the molecule is CCCCCCCC(CC)c1ccc(S(=O)(=O)NCCO)c(C(=O)C(C)O)c1N. The number of carbonyl (C=O) groups excluding carboxylic acids is 1. The maximum atomic E-state index is 12.6. The van der Waals surface area contributed by atoms with Crippen LogP contribution < -0.4 is 10.5 Å². The van der Waals surface area contributed by atoms with Crippen LogP contribution in [0, 0.1) is 0 Å². The summed E-state index contributed by atoms with van der Waals surface area (Å²) in [6.07, 6.45) is 6.07. The first-order valence-electron chi connectivity index (χ1n) is 10.5. The number of ketones is 1. The summed E-state index contributed by atoms with van der Waals surface area (Å²) in [6.45, 7) is 4.95. The molecule has 7 nitrogen and oxygen atoms in total. The van der Waals surface area contributed by atoms with E-state index in [0.717, 1.165) is 31.2 Å². The van der Waals surface area contributed by atoms with E-state index in [9.17, 15) is 18.3 Å². The highest BCUT2D eigenvalue weighted by Crippen LogP contribution is 2.35. The number of carbonyl (C=O) groups is 1. The predicted octanol–water partition coefficient (Wildman–Crippen LogP) is 2.96. The van der Waals surface area contributed by atoms with Crippen LogP contribution in [0.15, 0.2) is 17.0 Å². The second-order valence-corrected chi connectivity index (χ2v) is 9.15. The van der Waals surface area contributed by atoms with Crippen LogP contribution in [0.25, 0.3) is 0 Å².